The second kappa shape index (κ2) is 9.01. The van der Waals surface area contributed by atoms with Crippen LogP contribution in [0.5, 0.6) is 11.5 Å². The van der Waals surface area contributed by atoms with E-state index in [4.69, 9.17) is 14.5 Å². The summed E-state index contributed by atoms with van der Waals surface area (Å²) >= 11 is 0. The van der Waals surface area contributed by atoms with E-state index in [1.807, 2.05) is 56.4 Å². The molecule has 0 unspecified atom stereocenters. The van der Waals surface area contributed by atoms with E-state index in [1.165, 1.54) is 0 Å². The molecule has 3 aromatic rings. The molecule has 29 heavy (non-hydrogen) atoms. The molecule has 0 radical (unpaired) electrons. The van der Waals surface area contributed by atoms with E-state index in [-0.39, 0.29) is 0 Å². The molecule has 148 valence electrons. The minimum atomic E-state index is 0.510. The Morgan fingerprint density at radius 3 is 2.34 bits per heavy atom. The molecular weight excluding hydrogens is 364 g/mol. The van der Waals surface area contributed by atoms with Crippen LogP contribution in [0.15, 0.2) is 66.3 Å². The van der Waals surface area contributed by atoms with Crippen molar-refractivity contribution < 1.29 is 9.47 Å². The lowest BCUT2D eigenvalue weighted by molar-refractivity contribution is 0.394. The zero-order chi connectivity index (χ0) is 20.8. The van der Waals surface area contributed by atoms with E-state index in [2.05, 4.69) is 21.9 Å². The average Bonchev–Trinajstić information content (AvgIpc) is 2.78. The predicted molar refractivity (Wildman–Crippen MR) is 119 cm³/mol. The molecule has 1 aromatic heterocycles. The van der Waals surface area contributed by atoms with Crippen molar-refractivity contribution in [2.45, 2.75) is 6.92 Å². The van der Waals surface area contributed by atoms with Gasteiger partial charge in [-0.2, -0.15) is 0 Å². The van der Waals surface area contributed by atoms with Crippen LogP contribution < -0.4 is 14.8 Å². The van der Waals surface area contributed by atoms with Gasteiger partial charge in [0.25, 0.3) is 0 Å². The Kier molecular flexibility index (Phi) is 6.24. The third kappa shape index (κ3) is 4.27. The molecule has 6 heteroatoms. The number of nitrogens with zero attached hydrogens (tertiary/aromatic N) is 3. The van der Waals surface area contributed by atoms with Crippen LogP contribution in [0, 0.1) is 0 Å². The minimum absolute atomic E-state index is 0.510. The Labute approximate surface area is 170 Å². The third-order valence-corrected chi connectivity index (χ3v) is 4.40. The molecule has 0 aliphatic heterocycles. The van der Waals surface area contributed by atoms with Crippen molar-refractivity contribution in [3.8, 4) is 22.6 Å². The summed E-state index contributed by atoms with van der Waals surface area (Å²) < 4.78 is 10.8. The van der Waals surface area contributed by atoms with Crippen LogP contribution in [-0.4, -0.2) is 36.9 Å². The summed E-state index contributed by atoms with van der Waals surface area (Å²) in [6.07, 6.45) is 5.19. The van der Waals surface area contributed by atoms with E-state index < -0.39 is 0 Å². The van der Waals surface area contributed by atoms with Crippen LogP contribution >= 0.6 is 0 Å². The number of methoxy groups -OCH3 is 2. The van der Waals surface area contributed by atoms with E-state index >= 15 is 0 Å². The van der Waals surface area contributed by atoms with Crippen molar-refractivity contribution in [1.82, 2.24) is 9.97 Å². The molecular formula is C23H24N4O2. The van der Waals surface area contributed by atoms with Crippen molar-refractivity contribution in [2.24, 2.45) is 4.99 Å². The summed E-state index contributed by atoms with van der Waals surface area (Å²) in [5, 5.41) is 4.06. The van der Waals surface area contributed by atoms with Gasteiger partial charge in [0.1, 0.15) is 23.0 Å². The van der Waals surface area contributed by atoms with Crippen molar-refractivity contribution in [3.63, 3.8) is 0 Å². The Hall–Kier alpha value is -3.67. The fourth-order valence-electron chi connectivity index (χ4n) is 2.94. The highest BCUT2D eigenvalue weighted by atomic mass is 16.5. The van der Waals surface area contributed by atoms with Crippen molar-refractivity contribution in [3.05, 3.63) is 67.2 Å². The Balaban J connectivity index is 2.19. The fourth-order valence-corrected chi connectivity index (χ4v) is 2.94. The van der Waals surface area contributed by atoms with Crippen molar-refractivity contribution >= 4 is 22.4 Å². The van der Waals surface area contributed by atoms with Gasteiger partial charge in [-0.1, -0.05) is 18.7 Å². The highest BCUT2D eigenvalue weighted by Crippen LogP contribution is 2.32. The molecule has 6 nitrogen and oxygen atoms in total. The fraction of sp³-hybridized carbons (Fsp3) is 0.174. The maximum absolute atomic E-state index is 5.40. The van der Waals surface area contributed by atoms with Crippen LogP contribution in [0.25, 0.3) is 22.0 Å². The second-order valence-electron chi connectivity index (χ2n) is 6.18. The maximum Gasteiger partial charge on any atom is 0.180 e. The minimum Gasteiger partial charge on any atom is -0.497 e. The molecule has 3 rings (SSSR count). The number of hydrogen-bond donors (Lipinski definition) is 1. The smallest absolute Gasteiger partial charge is 0.180 e. The lowest BCUT2D eigenvalue weighted by Gasteiger charge is -2.11. The quantitative estimate of drug-likeness (QED) is 0.585. The normalized spacial score (nSPS) is 11.7. The van der Waals surface area contributed by atoms with E-state index in [0.29, 0.717) is 11.5 Å². The monoisotopic (exact) mass is 388 g/mol. The van der Waals surface area contributed by atoms with Crippen LogP contribution in [0.2, 0.25) is 0 Å². The highest BCUT2D eigenvalue weighted by Gasteiger charge is 2.12. The van der Waals surface area contributed by atoms with Crippen molar-refractivity contribution in [1.29, 1.82) is 0 Å². The standard InChI is InChI=1S/C23H24N4O2/c1-6-10-25-20(7-2)23-26-21-13-15(8-9-19(21)22(24-3)27-23)16-11-17(28-4)14-18(12-16)29-5/h6-14H,2H2,1,3-5H3,(H,24,26,27)/b10-6-,25-20?. The first-order chi connectivity index (χ1) is 14.1. The third-order valence-electron chi connectivity index (χ3n) is 4.40. The number of hydrogen-bond acceptors (Lipinski definition) is 6. The first-order valence-electron chi connectivity index (χ1n) is 9.18. The van der Waals surface area contributed by atoms with Crippen LogP contribution in [0.3, 0.4) is 0 Å². The van der Waals surface area contributed by atoms with Crippen LogP contribution in [-0.2, 0) is 0 Å². The van der Waals surface area contributed by atoms with Gasteiger partial charge in [-0.05, 0) is 48.4 Å². The van der Waals surface area contributed by atoms with Crippen molar-refractivity contribution in [2.75, 3.05) is 26.6 Å². The largest absolute Gasteiger partial charge is 0.497 e. The first kappa shape index (κ1) is 20.1. The molecule has 0 aliphatic rings. The van der Waals surface area contributed by atoms with Crippen LogP contribution in [0.4, 0.5) is 5.82 Å². The second-order valence-corrected chi connectivity index (χ2v) is 6.18. The molecule has 2 aromatic carbocycles. The molecule has 0 saturated carbocycles. The number of aliphatic imine (C=N–C) groups is 1. The van der Waals surface area contributed by atoms with E-state index in [1.54, 1.807) is 26.5 Å². The molecule has 0 atom stereocenters. The number of nitrogens with one attached hydrogen (secondary N) is 1. The zero-order valence-electron chi connectivity index (χ0n) is 17.1. The average molecular weight is 388 g/mol. The molecule has 1 heterocycles. The number of allylic oxidation sites excluding steroid dienone is 2. The first-order valence-corrected chi connectivity index (χ1v) is 9.18. The Morgan fingerprint density at radius 1 is 1.03 bits per heavy atom. The predicted octanol–water partition coefficient (Wildman–Crippen LogP) is 4.86. The van der Waals surface area contributed by atoms with Crippen LogP contribution in [0.1, 0.15) is 12.7 Å². The molecule has 0 aliphatic carbocycles. The molecule has 0 amide bonds. The maximum atomic E-state index is 5.40. The Morgan fingerprint density at radius 2 is 1.76 bits per heavy atom. The van der Waals surface area contributed by atoms with Gasteiger partial charge in [0, 0.05) is 24.7 Å². The Bertz CT molecular complexity index is 1080. The molecule has 0 fully saturated rings. The van der Waals surface area contributed by atoms with Gasteiger partial charge >= 0.3 is 0 Å². The summed E-state index contributed by atoms with van der Waals surface area (Å²) in [6, 6.07) is 11.8. The molecule has 0 bridgehead atoms. The van der Waals surface area contributed by atoms with Gasteiger partial charge in [-0.3, -0.25) is 4.99 Å². The van der Waals surface area contributed by atoms with Gasteiger partial charge in [-0.25, -0.2) is 9.97 Å². The SMILES string of the molecule is C=CC(=N/C=C\C)c1nc(NC)c2ccc(-c3cc(OC)cc(OC)c3)cc2n1. The van der Waals surface area contributed by atoms with E-state index in [9.17, 15) is 0 Å². The highest BCUT2D eigenvalue weighted by molar-refractivity contribution is 6.08. The van der Waals surface area contributed by atoms with Gasteiger partial charge in [0.15, 0.2) is 5.82 Å². The van der Waals surface area contributed by atoms with E-state index in [0.717, 1.165) is 39.3 Å². The summed E-state index contributed by atoms with van der Waals surface area (Å²) in [4.78, 5) is 13.7. The number of rotatable bonds is 7. The lowest BCUT2D eigenvalue weighted by Crippen LogP contribution is -2.07. The number of ether oxygens (including phenoxy) is 2. The van der Waals surface area contributed by atoms with Gasteiger partial charge in [0.2, 0.25) is 0 Å². The summed E-state index contributed by atoms with van der Waals surface area (Å²) in [7, 11) is 5.11. The topological polar surface area (TPSA) is 68.6 Å². The summed E-state index contributed by atoms with van der Waals surface area (Å²) in [6.45, 7) is 5.74. The number of benzene rings is 2. The van der Waals surface area contributed by atoms with Gasteiger partial charge in [-0.15, -0.1) is 0 Å². The number of anilines is 1. The summed E-state index contributed by atoms with van der Waals surface area (Å²) in [5.74, 6) is 2.70. The number of fused-ring (bicyclic) bond motifs is 1. The lowest BCUT2D eigenvalue weighted by atomic mass is 10.0. The molecule has 0 spiro atoms. The summed E-state index contributed by atoms with van der Waals surface area (Å²) in [5.41, 5.74) is 3.37. The number of aromatic nitrogens is 2. The molecule has 1 N–H and O–H groups in total. The zero-order valence-corrected chi connectivity index (χ0v) is 17.1. The van der Waals surface area contributed by atoms with Gasteiger partial charge < -0.3 is 14.8 Å². The van der Waals surface area contributed by atoms with Gasteiger partial charge in [0.05, 0.1) is 19.7 Å². The molecule has 0 saturated heterocycles.